The number of carbonyl (C=O) groups excluding carboxylic acids is 1. The van der Waals surface area contributed by atoms with Gasteiger partial charge in [-0.2, -0.15) is 0 Å². The molecule has 0 aromatic heterocycles. The minimum absolute atomic E-state index is 0.125. The molecule has 0 spiro atoms. The van der Waals surface area contributed by atoms with E-state index in [2.05, 4.69) is 5.73 Å². The normalized spacial score (nSPS) is 9.16. The van der Waals surface area contributed by atoms with Crippen molar-refractivity contribution < 1.29 is 39.9 Å². The highest BCUT2D eigenvalue weighted by Crippen LogP contribution is 1.86. The summed E-state index contributed by atoms with van der Waals surface area (Å²) < 4.78 is 0. The maximum atomic E-state index is 9.68. The summed E-state index contributed by atoms with van der Waals surface area (Å²) in [5, 5.41) is 38.9. The van der Waals surface area contributed by atoms with E-state index in [9.17, 15) is 9.59 Å². The molecule has 0 aliphatic rings. The van der Waals surface area contributed by atoms with Crippen LogP contribution in [-0.4, -0.2) is 62.7 Å². The third kappa shape index (κ3) is 119. The average Bonchev–Trinajstić information content (AvgIpc) is 2.26. The number of carboxylic acid groups (broad SMARTS) is 2. The topological polar surface area (TPSA) is 178 Å². The maximum Gasteiger partial charge on any atom is 0.332 e. The minimum atomic E-state index is -1.18. The van der Waals surface area contributed by atoms with Crippen LogP contribution < -0.4 is 5.73 Å². The van der Waals surface area contributed by atoms with Crippen LogP contribution in [0, 0.1) is 0 Å². The number of carbonyl (C=O) groups is 3. The highest BCUT2D eigenvalue weighted by Gasteiger charge is 2.07. The van der Waals surface area contributed by atoms with Gasteiger partial charge in [0.15, 0.2) is 6.10 Å². The quantitative estimate of drug-likeness (QED) is 0.358. The number of nitrogens with two attached hydrogens (primary N) is 1. The molecule has 0 aliphatic carbocycles. The van der Waals surface area contributed by atoms with Crippen LogP contribution in [0.5, 0.6) is 0 Å². The van der Waals surface area contributed by atoms with E-state index in [0.717, 1.165) is 6.92 Å². The van der Waals surface area contributed by atoms with Gasteiger partial charge >= 0.3 is 5.97 Å². The smallest absolute Gasteiger partial charge is 0.332 e. The van der Waals surface area contributed by atoms with Crippen LogP contribution in [0.25, 0.3) is 0 Å². The zero-order chi connectivity index (χ0) is 16.4. The van der Waals surface area contributed by atoms with Gasteiger partial charge in [-0.05, 0) is 6.42 Å². The molecule has 0 bridgehead atoms. The summed E-state index contributed by atoms with van der Waals surface area (Å²) in [5.41, 5.74) is 4.47. The fourth-order valence-corrected chi connectivity index (χ4v) is 0.175. The zero-order valence-electron chi connectivity index (χ0n) is 11.2. The molecular formula is C10H23NO8. The van der Waals surface area contributed by atoms with Gasteiger partial charge in [0.05, 0.1) is 13.2 Å². The van der Waals surface area contributed by atoms with Crippen molar-refractivity contribution in [2.45, 2.75) is 33.3 Å². The Hall–Kier alpha value is -1.71. The molecule has 0 aliphatic heterocycles. The van der Waals surface area contributed by atoms with Gasteiger partial charge in [-0.1, -0.05) is 6.92 Å². The van der Waals surface area contributed by atoms with Crippen molar-refractivity contribution in [3.8, 4) is 0 Å². The second-order valence-electron chi connectivity index (χ2n) is 2.84. The van der Waals surface area contributed by atoms with Gasteiger partial charge in [0, 0.05) is 13.8 Å². The van der Waals surface area contributed by atoms with E-state index in [1.54, 1.807) is 6.92 Å². The number of amides is 1. The number of aliphatic hydroxyl groups is 3. The molecule has 116 valence electrons. The number of hydrogen-bond donors (Lipinski definition) is 6. The lowest BCUT2D eigenvalue weighted by Gasteiger charge is -1.95. The molecule has 0 radical (unpaired) electrons. The summed E-state index contributed by atoms with van der Waals surface area (Å²) in [4.78, 5) is 27.9. The van der Waals surface area contributed by atoms with Crippen LogP contribution in [0.2, 0.25) is 0 Å². The van der Waals surface area contributed by atoms with Gasteiger partial charge in [-0.25, -0.2) is 4.79 Å². The lowest BCUT2D eigenvalue weighted by Crippen LogP contribution is -2.17. The fraction of sp³-hybridized carbons (Fsp3) is 0.700. The lowest BCUT2D eigenvalue weighted by molar-refractivity contribution is -0.146. The number of aliphatic carboxylic acids is 2. The molecule has 0 heterocycles. The van der Waals surface area contributed by atoms with Gasteiger partial charge in [0.25, 0.3) is 5.97 Å². The SMILES string of the molecule is CC(=O)O.CC(N)=O.CCC(O)C(=O)O.OCCO. The Morgan fingerprint density at radius 2 is 1.26 bits per heavy atom. The van der Waals surface area contributed by atoms with Gasteiger partial charge in [0.1, 0.15) is 0 Å². The third-order valence-electron chi connectivity index (χ3n) is 0.772. The molecule has 0 rings (SSSR count). The molecule has 1 atom stereocenters. The van der Waals surface area contributed by atoms with Crippen LogP contribution in [0.1, 0.15) is 27.2 Å². The van der Waals surface area contributed by atoms with Crippen molar-refractivity contribution in [2.24, 2.45) is 5.73 Å². The molecule has 0 aromatic rings. The van der Waals surface area contributed by atoms with E-state index >= 15 is 0 Å². The number of carboxylic acids is 2. The number of aliphatic hydroxyl groups excluding tert-OH is 3. The van der Waals surface area contributed by atoms with E-state index < -0.39 is 18.0 Å². The fourth-order valence-electron chi connectivity index (χ4n) is 0.175. The molecule has 0 saturated heterocycles. The van der Waals surface area contributed by atoms with Crippen LogP contribution in [-0.2, 0) is 14.4 Å². The highest BCUT2D eigenvalue weighted by molar-refractivity contribution is 5.71. The molecule has 7 N–H and O–H groups in total. The maximum absolute atomic E-state index is 9.68. The Labute approximate surface area is 111 Å². The molecule has 0 fully saturated rings. The van der Waals surface area contributed by atoms with Crippen LogP contribution in [0.3, 0.4) is 0 Å². The number of primary amides is 1. The molecule has 1 unspecified atom stereocenters. The minimum Gasteiger partial charge on any atom is -0.481 e. The van der Waals surface area contributed by atoms with Crippen molar-refractivity contribution in [3.63, 3.8) is 0 Å². The van der Waals surface area contributed by atoms with Crippen molar-refractivity contribution in [1.82, 2.24) is 0 Å². The van der Waals surface area contributed by atoms with E-state index in [0.29, 0.717) is 0 Å². The second-order valence-corrected chi connectivity index (χ2v) is 2.84. The Bertz CT molecular complexity index is 210. The predicted octanol–water partition coefficient (Wildman–Crippen LogP) is -1.60. The average molecular weight is 285 g/mol. The van der Waals surface area contributed by atoms with Crippen LogP contribution in [0.4, 0.5) is 0 Å². The van der Waals surface area contributed by atoms with E-state index in [-0.39, 0.29) is 25.5 Å². The number of hydrogen-bond acceptors (Lipinski definition) is 6. The Morgan fingerprint density at radius 3 is 1.26 bits per heavy atom. The van der Waals surface area contributed by atoms with Crippen molar-refractivity contribution >= 4 is 17.8 Å². The van der Waals surface area contributed by atoms with E-state index in [1.807, 2.05) is 0 Å². The highest BCUT2D eigenvalue weighted by atomic mass is 16.4. The van der Waals surface area contributed by atoms with E-state index in [1.165, 1.54) is 6.92 Å². The van der Waals surface area contributed by atoms with Crippen molar-refractivity contribution in [3.05, 3.63) is 0 Å². The first-order chi connectivity index (χ1) is 8.56. The van der Waals surface area contributed by atoms with Crippen molar-refractivity contribution in [1.29, 1.82) is 0 Å². The van der Waals surface area contributed by atoms with E-state index in [4.69, 9.17) is 30.3 Å². The lowest BCUT2D eigenvalue weighted by atomic mass is 10.3. The Balaban J connectivity index is -0.0000000825. The van der Waals surface area contributed by atoms with Gasteiger partial charge in [-0.15, -0.1) is 0 Å². The second kappa shape index (κ2) is 21.6. The summed E-state index contributed by atoms with van der Waals surface area (Å²) in [7, 11) is 0. The standard InChI is InChI=1S/C4H8O3.C2H5NO.C2H4O2.C2H6O2/c1-2-3(5)4(6)7;2*1-2(3)4;3-1-2-4/h3,5H,2H2,1H3,(H,6,7);1H3,(H2,3,4);1H3,(H,3,4);3-4H,1-2H2. The summed E-state index contributed by atoms with van der Waals surface area (Å²) in [5.74, 6) is -2.32. The summed E-state index contributed by atoms with van der Waals surface area (Å²) in [6, 6.07) is 0. The first-order valence-electron chi connectivity index (χ1n) is 5.14. The molecule has 0 aromatic carbocycles. The van der Waals surface area contributed by atoms with Gasteiger partial charge in [0.2, 0.25) is 5.91 Å². The van der Waals surface area contributed by atoms with Crippen molar-refractivity contribution in [2.75, 3.05) is 13.2 Å². The Kier molecular flexibility index (Phi) is 29.5. The molecule has 9 heteroatoms. The third-order valence-corrected chi connectivity index (χ3v) is 0.772. The molecule has 19 heavy (non-hydrogen) atoms. The summed E-state index contributed by atoms with van der Waals surface area (Å²) in [6.45, 7) is 3.75. The van der Waals surface area contributed by atoms with Crippen LogP contribution in [0.15, 0.2) is 0 Å². The predicted molar refractivity (Wildman–Crippen MR) is 66.3 cm³/mol. The molecule has 9 nitrogen and oxygen atoms in total. The summed E-state index contributed by atoms with van der Waals surface area (Å²) in [6.07, 6.45) is -0.907. The van der Waals surface area contributed by atoms with Gasteiger partial charge in [-0.3, -0.25) is 9.59 Å². The molecule has 1 amide bonds. The molecule has 0 saturated carbocycles. The monoisotopic (exact) mass is 285 g/mol. The first kappa shape index (κ1) is 26.0. The zero-order valence-corrected chi connectivity index (χ0v) is 11.2. The Morgan fingerprint density at radius 1 is 1.05 bits per heavy atom. The first-order valence-corrected chi connectivity index (χ1v) is 5.14. The number of rotatable bonds is 3. The largest absolute Gasteiger partial charge is 0.481 e. The van der Waals surface area contributed by atoms with Gasteiger partial charge < -0.3 is 31.3 Å². The summed E-state index contributed by atoms with van der Waals surface area (Å²) >= 11 is 0. The molecular weight excluding hydrogens is 262 g/mol. The van der Waals surface area contributed by atoms with Crippen LogP contribution >= 0.6 is 0 Å².